The van der Waals surface area contributed by atoms with Crippen LogP contribution in [0, 0.1) is 11.3 Å². The summed E-state index contributed by atoms with van der Waals surface area (Å²) in [5.41, 5.74) is 6.37. The van der Waals surface area contributed by atoms with Gasteiger partial charge in [0.05, 0.1) is 0 Å². The van der Waals surface area contributed by atoms with Gasteiger partial charge in [0.15, 0.2) is 0 Å². The van der Waals surface area contributed by atoms with Crippen molar-refractivity contribution < 1.29 is 4.79 Å². The van der Waals surface area contributed by atoms with Crippen LogP contribution in [-0.4, -0.2) is 18.0 Å². The highest BCUT2D eigenvalue weighted by Crippen LogP contribution is 2.51. The number of hydrogen-bond acceptors (Lipinski definition) is 2. The molecule has 92 valence electrons. The quantitative estimate of drug-likeness (QED) is 0.768. The van der Waals surface area contributed by atoms with Gasteiger partial charge in [-0.2, -0.15) is 0 Å². The first kappa shape index (κ1) is 11.9. The Kier molecular flexibility index (Phi) is 2.99. The molecule has 2 rings (SSSR count). The van der Waals surface area contributed by atoms with Crippen molar-refractivity contribution in [1.29, 1.82) is 0 Å². The summed E-state index contributed by atoms with van der Waals surface area (Å²) >= 11 is 0. The Morgan fingerprint density at radius 2 is 1.88 bits per heavy atom. The average Bonchev–Trinajstić information content (AvgIpc) is 2.86. The van der Waals surface area contributed by atoms with E-state index in [1.807, 2.05) is 0 Å². The Morgan fingerprint density at radius 1 is 1.31 bits per heavy atom. The van der Waals surface area contributed by atoms with Gasteiger partial charge in [-0.3, -0.25) is 4.79 Å². The Bertz CT molecular complexity index is 280. The first-order valence-corrected chi connectivity index (χ1v) is 6.50. The van der Waals surface area contributed by atoms with Crippen LogP contribution in [-0.2, 0) is 4.79 Å². The van der Waals surface area contributed by atoms with Gasteiger partial charge in [-0.15, -0.1) is 0 Å². The van der Waals surface area contributed by atoms with Crippen LogP contribution in [0.1, 0.15) is 52.4 Å². The molecule has 1 atom stereocenters. The van der Waals surface area contributed by atoms with Gasteiger partial charge in [-0.1, -0.05) is 33.1 Å². The maximum Gasteiger partial charge on any atom is 0.223 e. The topological polar surface area (TPSA) is 55.1 Å². The zero-order valence-corrected chi connectivity index (χ0v) is 10.5. The molecule has 0 radical (unpaired) electrons. The van der Waals surface area contributed by atoms with Gasteiger partial charge in [0.1, 0.15) is 0 Å². The first-order valence-electron chi connectivity index (χ1n) is 6.50. The molecular formula is C13H24N2O. The minimum Gasteiger partial charge on any atom is -0.354 e. The summed E-state index contributed by atoms with van der Waals surface area (Å²) in [6.45, 7) is 4.96. The molecular weight excluding hydrogens is 200 g/mol. The van der Waals surface area contributed by atoms with Crippen LogP contribution in [0.2, 0.25) is 0 Å². The Morgan fingerprint density at radius 3 is 2.38 bits per heavy atom. The zero-order chi connectivity index (χ0) is 11.8. The number of nitrogens with two attached hydrogens (primary N) is 1. The highest BCUT2D eigenvalue weighted by Gasteiger charge is 2.50. The summed E-state index contributed by atoms with van der Waals surface area (Å²) < 4.78 is 0. The van der Waals surface area contributed by atoms with Gasteiger partial charge in [-0.05, 0) is 24.7 Å². The molecule has 2 aliphatic rings. The normalized spacial score (nSPS) is 30.8. The number of carbonyl (C=O) groups excluding carboxylic acids is 1. The van der Waals surface area contributed by atoms with Crippen molar-refractivity contribution in [1.82, 2.24) is 5.32 Å². The van der Waals surface area contributed by atoms with Crippen molar-refractivity contribution in [2.75, 3.05) is 6.54 Å². The second-order valence-electron chi connectivity index (χ2n) is 6.39. The minimum absolute atomic E-state index is 0.132. The zero-order valence-electron chi connectivity index (χ0n) is 10.5. The van der Waals surface area contributed by atoms with Crippen molar-refractivity contribution in [2.45, 2.75) is 57.9 Å². The summed E-state index contributed by atoms with van der Waals surface area (Å²) in [6, 6.07) is 0. The Labute approximate surface area is 98.2 Å². The van der Waals surface area contributed by atoms with E-state index >= 15 is 0 Å². The summed E-state index contributed by atoms with van der Waals surface area (Å²) in [6.07, 6.45) is 6.85. The summed E-state index contributed by atoms with van der Waals surface area (Å²) in [5, 5.41) is 3.05. The highest BCUT2D eigenvalue weighted by molar-refractivity contribution is 5.82. The molecule has 16 heavy (non-hydrogen) atoms. The molecule has 0 aromatic heterocycles. The maximum atomic E-state index is 11.8. The van der Waals surface area contributed by atoms with Crippen LogP contribution < -0.4 is 11.1 Å². The van der Waals surface area contributed by atoms with Crippen LogP contribution in [0.25, 0.3) is 0 Å². The van der Waals surface area contributed by atoms with E-state index in [2.05, 4.69) is 19.2 Å². The number of rotatable bonds is 3. The minimum atomic E-state index is -0.132. The van der Waals surface area contributed by atoms with Crippen LogP contribution in [0.3, 0.4) is 0 Å². The first-order chi connectivity index (χ1) is 7.43. The lowest BCUT2D eigenvalue weighted by molar-refractivity contribution is -0.123. The third-order valence-electron chi connectivity index (χ3n) is 4.29. The van der Waals surface area contributed by atoms with Gasteiger partial charge in [0.2, 0.25) is 5.91 Å². The van der Waals surface area contributed by atoms with Gasteiger partial charge in [0, 0.05) is 18.0 Å². The second kappa shape index (κ2) is 4.02. The third-order valence-corrected chi connectivity index (χ3v) is 4.29. The number of hydrogen-bond donors (Lipinski definition) is 2. The molecule has 1 unspecified atom stereocenters. The second-order valence-corrected chi connectivity index (χ2v) is 6.39. The fourth-order valence-corrected chi connectivity index (χ4v) is 2.73. The molecule has 0 heterocycles. The lowest BCUT2D eigenvalue weighted by Gasteiger charge is -2.33. The van der Waals surface area contributed by atoms with Crippen LogP contribution in [0.15, 0.2) is 0 Å². The molecule has 1 amide bonds. The van der Waals surface area contributed by atoms with E-state index in [0.29, 0.717) is 6.54 Å². The molecule has 0 aromatic carbocycles. The molecule has 3 heteroatoms. The standard InChI is InChI=1S/C13H24N2O/c1-12(2)8-10(12)11(16)15-9-13(14)6-4-3-5-7-13/h10H,3-9,14H2,1-2H3,(H,15,16). The fraction of sp³-hybridized carbons (Fsp3) is 0.923. The van der Waals surface area contributed by atoms with Gasteiger partial charge >= 0.3 is 0 Å². The van der Waals surface area contributed by atoms with E-state index in [-0.39, 0.29) is 22.8 Å². The lowest BCUT2D eigenvalue weighted by atomic mass is 9.82. The molecule has 0 bridgehead atoms. The van der Waals surface area contributed by atoms with Gasteiger partial charge in [-0.25, -0.2) is 0 Å². The molecule has 3 nitrogen and oxygen atoms in total. The molecule has 0 spiro atoms. The predicted octanol–water partition coefficient (Wildman–Crippen LogP) is 1.81. The van der Waals surface area contributed by atoms with E-state index in [9.17, 15) is 4.79 Å². The van der Waals surface area contributed by atoms with E-state index in [4.69, 9.17) is 5.73 Å². The van der Waals surface area contributed by atoms with Crippen molar-refractivity contribution in [3.8, 4) is 0 Å². The van der Waals surface area contributed by atoms with E-state index < -0.39 is 0 Å². The number of carbonyl (C=O) groups is 1. The largest absolute Gasteiger partial charge is 0.354 e. The van der Waals surface area contributed by atoms with Crippen molar-refractivity contribution in [2.24, 2.45) is 17.1 Å². The smallest absolute Gasteiger partial charge is 0.223 e. The Balaban J connectivity index is 1.76. The molecule has 2 aliphatic carbocycles. The monoisotopic (exact) mass is 224 g/mol. The molecule has 2 saturated carbocycles. The third kappa shape index (κ3) is 2.57. The van der Waals surface area contributed by atoms with Crippen LogP contribution in [0.5, 0.6) is 0 Å². The van der Waals surface area contributed by atoms with E-state index in [1.165, 1.54) is 19.3 Å². The molecule has 2 fully saturated rings. The van der Waals surface area contributed by atoms with Gasteiger partial charge in [0.25, 0.3) is 0 Å². The van der Waals surface area contributed by atoms with Gasteiger partial charge < -0.3 is 11.1 Å². The van der Waals surface area contributed by atoms with E-state index in [1.54, 1.807) is 0 Å². The van der Waals surface area contributed by atoms with Crippen molar-refractivity contribution >= 4 is 5.91 Å². The van der Waals surface area contributed by atoms with Crippen LogP contribution in [0.4, 0.5) is 0 Å². The van der Waals surface area contributed by atoms with E-state index in [0.717, 1.165) is 19.3 Å². The fourth-order valence-electron chi connectivity index (χ4n) is 2.73. The summed E-state index contributed by atoms with van der Waals surface area (Å²) in [7, 11) is 0. The summed E-state index contributed by atoms with van der Waals surface area (Å²) in [4.78, 5) is 11.8. The molecule has 0 saturated heterocycles. The lowest BCUT2D eigenvalue weighted by Crippen LogP contribution is -2.51. The Hall–Kier alpha value is -0.570. The SMILES string of the molecule is CC1(C)CC1C(=O)NCC1(N)CCCCC1. The average molecular weight is 224 g/mol. The molecule has 0 aromatic rings. The highest BCUT2D eigenvalue weighted by atomic mass is 16.2. The maximum absolute atomic E-state index is 11.8. The predicted molar refractivity (Wildman–Crippen MR) is 64.9 cm³/mol. The number of amides is 1. The van der Waals surface area contributed by atoms with Crippen LogP contribution >= 0.6 is 0 Å². The van der Waals surface area contributed by atoms with Crippen molar-refractivity contribution in [3.05, 3.63) is 0 Å². The molecule has 0 aliphatic heterocycles. The summed E-state index contributed by atoms with van der Waals surface area (Å²) in [5.74, 6) is 0.431. The molecule has 3 N–H and O–H groups in total. The number of nitrogens with one attached hydrogen (secondary N) is 1. The van der Waals surface area contributed by atoms with Crippen molar-refractivity contribution in [3.63, 3.8) is 0 Å².